The fourth-order valence-corrected chi connectivity index (χ4v) is 2.09. The summed E-state index contributed by atoms with van der Waals surface area (Å²) < 4.78 is 1.55. The fraction of sp³-hybridized carbons (Fsp3) is 0.333. The maximum Gasteiger partial charge on any atom is 0.244 e. The zero-order chi connectivity index (χ0) is 14.7. The number of carbonyl (C=O) groups is 1. The van der Waals surface area contributed by atoms with E-state index in [0.29, 0.717) is 12.2 Å². The van der Waals surface area contributed by atoms with Gasteiger partial charge in [0.2, 0.25) is 5.91 Å². The number of aromatic nitrogens is 2. The average molecular weight is 272 g/mol. The lowest BCUT2D eigenvalue weighted by Gasteiger charge is -2.18. The second kappa shape index (κ2) is 5.77. The van der Waals surface area contributed by atoms with Crippen molar-refractivity contribution in [2.24, 2.45) is 0 Å². The molecule has 0 aliphatic heterocycles. The van der Waals surface area contributed by atoms with Gasteiger partial charge in [0, 0.05) is 19.8 Å². The summed E-state index contributed by atoms with van der Waals surface area (Å²) in [6.07, 6.45) is 3.19. The Balaban J connectivity index is 2.00. The van der Waals surface area contributed by atoms with Crippen LogP contribution in [0, 0.1) is 13.8 Å². The van der Waals surface area contributed by atoms with Crippen molar-refractivity contribution < 1.29 is 4.79 Å². The molecule has 1 amide bonds. The van der Waals surface area contributed by atoms with Gasteiger partial charge in [-0.1, -0.05) is 23.8 Å². The smallest absolute Gasteiger partial charge is 0.244 e. The van der Waals surface area contributed by atoms with Gasteiger partial charge in [0.15, 0.2) is 0 Å². The number of hydrogen-bond donors (Lipinski definition) is 1. The molecule has 5 nitrogen and oxygen atoms in total. The predicted molar refractivity (Wildman–Crippen MR) is 79.0 cm³/mol. The molecule has 2 rings (SSSR count). The Hall–Kier alpha value is -2.30. The lowest BCUT2D eigenvalue weighted by Crippen LogP contribution is -2.30. The molecule has 1 heterocycles. The van der Waals surface area contributed by atoms with Crippen LogP contribution < -0.4 is 5.73 Å². The van der Waals surface area contributed by atoms with Gasteiger partial charge < -0.3 is 10.6 Å². The zero-order valence-corrected chi connectivity index (χ0v) is 12.1. The van der Waals surface area contributed by atoms with Gasteiger partial charge in [-0.3, -0.25) is 9.48 Å². The van der Waals surface area contributed by atoms with E-state index >= 15 is 0 Å². The summed E-state index contributed by atoms with van der Waals surface area (Å²) in [6, 6.07) is 6.26. The summed E-state index contributed by atoms with van der Waals surface area (Å²) in [5.41, 5.74) is 9.73. The van der Waals surface area contributed by atoms with Crippen molar-refractivity contribution in [1.29, 1.82) is 0 Å². The Labute approximate surface area is 119 Å². The Morgan fingerprint density at radius 3 is 2.75 bits per heavy atom. The first-order chi connectivity index (χ1) is 9.45. The van der Waals surface area contributed by atoms with E-state index in [1.807, 2.05) is 0 Å². The van der Waals surface area contributed by atoms with E-state index < -0.39 is 0 Å². The molecule has 2 N–H and O–H groups in total. The summed E-state index contributed by atoms with van der Waals surface area (Å²) in [7, 11) is 1.80. The van der Waals surface area contributed by atoms with E-state index in [1.54, 1.807) is 22.8 Å². The standard InChI is InChI=1S/C15H20N4O/c1-11-4-5-13(12(2)6-11)8-18(3)15(20)10-19-9-14(16)7-17-19/h4-7,9H,8,10,16H2,1-3H3. The van der Waals surface area contributed by atoms with Crippen molar-refractivity contribution in [3.05, 3.63) is 47.3 Å². The van der Waals surface area contributed by atoms with E-state index in [9.17, 15) is 4.79 Å². The van der Waals surface area contributed by atoms with Gasteiger partial charge in [-0.05, 0) is 25.0 Å². The Kier molecular flexibility index (Phi) is 4.08. The highest BCUT2D eigenvalue weighted by molar-refractivity contribution is 5.75. The van der Waals surface area contributed by atoms with Crippen molar-refractivity contribution >= 4 is 11.6 Å². The molecule has 0 atom stereocenters. The van der Waals surface area contributed by atoms with E-state index in [4.69, 9.17) is 5.73 Å². The summed E-state index contributed by atoms with van der Waals surface area (Å²) in [6.45, 7) is 4.93. The van der Waals surface area contributed by atoms with Crippen molar-refractivity contribution in [3.63, 3.8) is 0 Å². The van der Waals surface area contributed by atoms with Crippen LogP contribution in [0.5, 0.6) is 0 Å². The fourth-order valence-electron chi connectivity index (χ4n) is 2.09. The van der Waals surface area contributed by atoms with Gasteiger partial charge in [-0.15, -0.1) is 0 Å². The van der Waals surface area contributed by atoms with E-state index in [1.165, 1.54) is 17.3 Å². The number of nitrogens with zero attached hydrogens (tertiary/aromatic N) is 3. The molecule has 1 aromatic carbocycles. The molecular weight excluding hydrogens is 252 g/mol. The highest BCUT2D eigenvalue weighted by atomic mass is 16.2. The number of aryl methyl sites for hydroxylation is 2. The molecule has 0 unspecified atom stereocenters. The predicted octanol–water partition coefficient (Wildman–Crippen LogP) is 1.74. The first-order valence-electron chi connectivity index (χ1n) is 6.53. The largest absolute Gasteiger partial charge is 0.396 e. The molecule has 0 aliphatic carbocycles. The molecule has 1 aromatic heterocycles. The van der Waals surface area contributed by atoms with Crippen molar-refractivity contribution in [1.82, 2.24) is 14.7 Å². The van der Waals surface area contributed by atoms with Crippen molar-refractivity contribution in [2.75, 3.05) is 12.8 Å². The SMILES string of the molecule is Cc1ccc(CN(C)C(=O)Cn2cc(N)cn2)c(C)c1. The number of hydrogen-bond acceptors (Lipinski definition) is 3. The number of carbonyl (C=O) groups excluding carboxylic acids is 1. The van der Waals surface area contributed by atoms with E-state index in [0.717, 1.165) is 5.56 Å². The van der Waals surface area contributed by atoms with Crippen molar-refractivity contribution in [3.8, 4) is 0 Å². The highest BCUT2D eigenvalue weighted by Gasteiger charge is 2.11. The molecule has 0 radical (unpaired) electrons. The molecule has 2 aromatic rings. The number of likely N-dealkylation sites (N-methyl/N-ethyl adjacent to an activating group) is 1. The quantitative estimate of drug-likeness (QED) is 0.922. The third-order valence-electron chi connectivity index (χ3n) is 3.28. The molecule has 0 fully saturated rings. The first-order valence-corrected chi connectivity index (χ1v) is 6.53. The minimum atomic E-state index is 0.00748. The zero-order valence-electron chi connectivity index (χ0n) is 12.1. The van der Waals surface area contributed by atoms with Gasteiger partial charge in [0.05, 0.1) is 11.9 Å². The summed E-state index contributed by atoms with van der Waals surface area (Å²) >= 11 is 0. The Bertz CT molecular complexity index is 618. The first kappa shape index (κ1) is 14.1. The molecule has 20 heavy (non-hydrogen) atoms. The third kappa shape index (κ3) is 3.38. The van der Waals surface area contributed by atoms with Crippen LogP contribution in [0.1, 0.15) is 16.7 Å². The Morgan fingerprint density at radius 2 is 2.15 bits per heavy atom. The van der Waals surface area contributed by atoms with Crippen LogP contribution in [0.4, 0.5) is 5.69 Å². The minimum Gasteiger partial charge on any atom is -0.396 e. The lowest BCUT2D eigenvalue weighted by molar-refractivity contribution is -0.131. The summed E-state index contributed by atoms with van der Waals surface area (Å²) in [5, 5.41) is 4.02. The van der Waals surface area contributed by atoms with Crippen LogP contribution in [0.25, 0.3) is 0 Å². The number of benzene rings is 1. The maximum atomic E-state index is 12.1. The van der Waals surface area contributed by atoms with E-state index in [-0.39, 0.29) is 12.5 Å². The number of amides is 1. The van der Waals surface area contributed by atoms with Crippen LogP contribution in [-0.4, -0.2) is 27.6 Å². The monoisotopic (exact) mass is 272 g/mol. The van der Waals surface area contributed by atoms with Crippen LogP contribution in [0.15, 0.2) is 30.6 Å². The van der Waals surface area contributed by atoms with Gasteiger partial charge >= 0.3 is 0 Å². The van der Waals surface area contributed by atoms with Crippen LogP contribution in [0.2, 0.25) is 0 Å². The molecule has 106 valence electrons. The normalized spacial score (nSPS) is 10.6. The van der Waals surface area contributed by atoms with Gasteiger partial charge in [-0.25, -0.2) is 0 Å². The van der Waals surface area contributed by atoms with Crippen LogP contribution in [-0.2, 0) is 17.9 Å². The summed E-state index contributed by atoms with van der Waals surface area (Å²) in [5.74, 6) is 0.00748. The summed E-state index contributed by atoms with van der Waals surface area (Å²) in [4.78, 5) is 13.8. The van der Waals surface area contributed by atoms with Gasteiger partial charge in [0.1, 0.15) is 6.54 Å². The average Bonchev–Trinajstić information content (AvgIpc) is 2.78. The second-order valence-corrected chi connectivity index (χ2v) is 5.15. The number of nitrogens with two attached hydrogens (primary N) is 1. The molecule has 5 heteroatoms. The van der Waals surface area contributed by atoms with E-state index in [2.05, 4.69) is 37.1 Å². The minimum absolute atomic E-state index is 0.00748. The van der Waals surface area contributed by atoms with Crippen LogP contribution >= 0.6 is 0 Å². The van der Waals surface area contributed by atoms with Gasteiger partial charge in [-0.2, -0.15) is 5.10 Å². The second-order valence-electron chi connectivity index (χ2n) is 5.15. The number of nitrogen functional groups attached to an aromatic ring is 1. The lowest BCUT2D eigenvalue weighted by atomic mass is 10.1. The molecule has 0 bridgehead atoms. The van der Waals surface area contributed by atoms with Crippen molar-refractivity contribution in [2.45, 2.75) is 26.9 Å². The molecule has 0 saturated heterocycles. The molecular formula is C15H20N4O. The highest BCUT2D eigenvalue weighted by Crippen LogP contribution is 2.12. The third-order valence-corrected chi connectivity index (χ3v) is 3.28. The Morgan fingerprint density at radius 1 is 1.40 bits per heavy atom. The molecule has 0 aliphatic rings. The molecule has 0 saturated carbocycles. The van der Waals surface area contributed by atoms with Crippen LogP contribution in [0.3, 0.4) is 0 Å². The molecule has 0 spiro atoms. The maximum absolute atomic E-state index is 12.1. The van der Waals surface area contributed by atoms with Gasteiger partial charge in [0.25, 0.3) is 0 Å². The topological polar surface area (TPSA) is 64.2 Å². The number of anilines is 1. The number of rotatable bonds is 4.